The quantitative estimate of drug-likeness (QED) is 0.0924. The Morgan fingerprint density at radius 3 is 2.05 bits per heavy atom. The number of aromatic nitrogens is 4. The highest BCUT2D eigenvalue weighted by molar-refractivity contribution is 7.44. The molecule has 0 bridgehead atoms. The van der Waals surface area contributed by atoms with Gasteiger partial charge in [0.05, 0.1) is 36.8 Å². The van der Waals surface area contributed by atoms with Gasteiger partial charge in [0.15, 0.2) is 0 Å². The molecule has 15 nitrogen and oxygen atoms in total. The standard InChI is InChI=1S/C44H48N7O8P/c1-7-24-47-41(54)36-27-35-37(46-43(56)50(42(35)55)40(53)33-18-14-30(6)15-19-33)48(38(36)49(44(47)57)39(52)32-12-9-8-10-13-32)34-20-16-31(17-21-34)22-26-59-60(58-25-11-23-45)51(28(2)3)29(4)5/h8-10,12-21,28-29H,7,11,22,24-27H2,1-6H3,(H,46,56). The van der Waals surface area contributed by atoms with Crippen LogP contribution in [-0.2, 0) is 28.4 Å². The smallest absolute Gasteiger partial charge is 0.322 e. The number of carbonyl (C=O) groups is 2. The lowest BCUT2D eigenvalue weighted by Gasteiger charge is -2.35. The Hall–Kier alpha value is -6.04. The SMILES string of the molecule is CCCn1c(=O)c2c(n(C(=O)c3ccccc3)c1=O)N(c1ccc(CCOP(OCCC#N)N(C(C)C)C(C)C)cc1)c1[nH]c(=O)n(C(=O)c3ccc(C)cc3)c(=O)c1C2. The van der Waals surface area contributed by atoms with Crippen molar-refractivity contribution in [1.82, 2.24) is 23.4 Å². The molecule has 1 N–H and O–H groups in total. The van der Waals surface area contributed by atoms with Gasteiger partial charge in [-0.3, -0.25) is 33.6 Å². The summed E-state index contributed by atoms with van der Waals surface area (Å²) in [5.74, 6) is -1.80. The summed E-state index contributed by atoms with van der Waals surface area (Å²) in [6.45, 7) is 12.4. The van der Waals surface area contributed by atoms with Crippen molar-refractivity contribution in [3.05, 3.63) is 154 Å². The van der Waals surface area contributed by atoms with Crippen molar-refractivity contribution in [3.63, 3.8) is 0 Å². The second kappa shape index (κ2) is 18.9. The van der Waals surface area contributed by atoms with Crippen molar-refractivity contribution in [2.45, 2.75) is 85.9 Å². The number of anilines is 3. The van der Waals surface area contributed by atoms with Crippen molar-refractivity contribution in [2.75, 3.05) is 18.1 Å². The van der Waals surface area contributed by atoms with Crippen LogP contribution in [0.3, 0.4) is 0 Å². The lowest BCUT2D eigenvalue weighted by atomic mass is 10.0. The van der Waals surface area contributed by atoms with Gasteiger partial charge in [-0.1, -0.05) is 55.0 Å². The van der Waals surface area contributed by atoms with Gasteiger partial charge in [0.1, 0.15) is 11.6 Å². The minimum atomic E-state index is -1.47. The molecule has 3 aromatic carbocycles. The number of benzene rings is 3. The molecule has 16 heteroatoms. The number of nitrogens with zero attached hydrogens (tertiary/aromatic N) is 6. The van der Waals surface area contributed by atoms with Gasteiger partial charge in [0, 0.05) is 41.9 Å². The first-order valence-electron chi connectivity index (χ1n) is 19.9. The summed E-state index contributed by atoms with van der Waals surface area (Å²) in [6.07, 6.45) is 0.696. The summed E-state index contributed by atoms with van der Waals surface area (Å²) >= 11 is 0. The fraction of sp³-hybridized carbons (Fsp3) is 0.341. The molecular weight excluding hydrogens is 785 g/mol. The minimum Gasteiger partial charge on any atom is -0.322 e. The molecule has 0 aliphatic carbocycles. The summed E-state index contributed by atoms with van der Waals surface area (Å²) in [5, 5.41) is 9.08. The summed E-state index contributed by atoms with van der Waals surface area (Å²) in [6, 6.07) is 23.9. The van der Waals surface area contributed by atoms with E-state index in [1.165, 1.54) is 17.0 Å². The Morgan fingerprint density at radius 2 is 1.43 bits per heavy atom. The molecule has 1 atom stereocenters. The molecule has 1 aliphatic heterocycles. The van der Waals surface area contributed by atoms with E-state index in [9.17, 15) is 28.8 Å². The Kier molecular flexibility index (Phi) is 13.7. The van der Waals surface area contributed by atoms with Gasteiger partial charge in [-0.2, -0.15) is 9.83 Å². The molecule has 0 spiro atoms. The third-order valence-electron chi connectivity index (χ3n) is 9.99. The van der Waals surface area contributed by atoms with Crippen LogP contribution in [0.1, 0.15) is 90.4 Å². The van der Waals surface area contributed by atoms with E-state index < -0.39 is 42.8 Å². The molecule has 1 aliphatic rings. The first kappa shape index (κ1) is 43.5. The average molecular weight is 834 g/mol. The van der Waals surface area contributed by atoms with Crippen molar-refractivity contribution in [3.8, 4) is 6.07 Å². The number of fused-ring (bicyclic) bond motifs is 2. The monoisotopic (exact) mass is 833 g/mol. The van der Waals surface area contributed by atoms with E-state index in [-0.39, 0.29) is 78.6 Å². The molecule has 5 aromatic rings. The van der Waals surface area contributed by atoms with Gasteiger partial charge in [0.2, 0.25) is 0 Å². The predicted molar refractivity (Wildman–Crippen MR) is 230 cm³/mol. The predicted octanol–water partition coefficient (Wildman–Crippen LogP) is 6.16. The number of nitriles is 1. The maximum absolute atomic E-state index is 14.4. The second-order valence-electron chi connectivity index (χ2n) is 14.9. The number of aromatic amines is 1. The van der Waals surface area contributed by atoms with E-state index in [0.29, 0.717) is 23.1 Å². The van der Waals surface area contributed by atoms with Crippen LogP contribution in [0.5, 0.6) is 0 Å². The van der Waals surface area contributed by atoms with Gasteiger partial charge < -0.3 is 9.05 Å². The molecule has 2 aromatic heterocycles. The molecule has 6 rings (SSSR count). The fourth-order valence-corrected chi connectivity index (χ4v) is 8.81. The second-order valence-corrected chi connectivity index (χ2v) is 16.4. The number of nitrogens with one attached hydrogen (secondary N) is 1. The Balaban J connectivity index is 1.48. The van der Waals surface area contributed by atoms with Crippen LogP contribution in [0.4, 0.5) is 17.3 Å². The molecule has 60 heavy (non-hydrogen) atoms. The molecule has 0 saturated heterocycles. The van der Waals surface area contributed by atoms with Crippen molar-refractivity contribution < 1.29 is 18.6 Å². The molecule has 312 valence electrons. The summed E-state index contributed by atoms with van der Waals surface area (Å²) < 4.78 is 16.8. The lowest BCUT2D eigenvalue weighted by Crippen LogP contribution is -2.50. The topological polar surface area (TPSA) is 182 Å². The van der Waals surface area contributed by atoms with E-state index in [2.05, 4.69) is 43.4 Å². The van der Waals surface area contributed by atoms with Gasteiger partial charge in [0.25, 0.3) is 31.5 Å². The molecule has 0 radical (unpaired) electrons. The maximum Gasteiger partial charge on any atom is 0.339 e. The largest absolute Gasteiger partial charge is 0.339 e. The minimum absolute atomic E-state index is 0.00391. The Morgan fingerprint density at radius 1 is 0.817 bits per heavy atom. The summed E-state index contributed by atoms with van der Waals surface area (Å²) in [7, 11) is -1.47. The van der Waals surface area contributed by atoms with Crippen LogP contribution in [0.2, 0.25) is 0 Å². The lowest BCUT2D eigenvalue weighted by molar-refractivity contribution is 0.0944. The van der Waals surface area contributed by atoms with Crippen LogP contribution in [0.25, 0.3) is 0 Å². The van der Waals surface area contributed by atoms with Crippen LogP contribution in [0, 0.1) is 18.3 Å². The van der Waals surface area contributed by atoms with E-state index in [1.807, 2.05) is 6.92 Å². The number of rotatable bonds is 15. The van der Waals surface area contributed by atoms with Crippen LogP contribution in [-0.4, -0.2) is 60.5 Å². The van der Waals surface area contributed by atoms with Crippen molar-refractivity contribution >= 4 is 37.7 Å². The van der Waals surface area contributed by atoms with Gasteiger partial charge in [-0.05, 0) is 89.4 Å². The van der Waals surface area contributed by atoms with Crippen LogP contribution in [0.15, 0.2) is 98.0 Å². The highest BCUT2D eigenvalue weighted by Crippen LogP contribution is 2.46. The van der Waals surface area contributed by atoms with Gasteiger partial charge in [-0.25, -0.2) is 18.8 Å². The molecule has 0 saturated carbocycles. The maximum atomic E-state index is 14.4. The summed E-state index contributed by atoms with van der Waals surface area (Å²) in [5.41, 5.74) is -1.39. The zero-order valence-electron chi connectivity index (χ0n) is 34.5. The normalized spacial score (nSPS) is 12.7. The number of carbonyl (C=O) groups excluding carboxylic acids is 2. The first-order valence-corrected chi connectivity index (χ1v) is 21.0. The Bertz CT molecular complexity index is 2650. The third kappa shape index (κ3) is 8.78. The number of hydrogen-bond acceptors (Lipinski definition) is 11. The highest BCUT2D eigenvalue weighted by atomic mass is 31.2. The van der Waals surface area contributed by atoms with Gasteiger partial charge >= 0.3 is 11.4 Å². The van der Waals surface area contributed by atoms with E-state index >= 15 is 0 Å². The zero-order chi connectivity index (χ0) is 43.2. The van der Waals surface area contributed by atoms with Gasteiger partial charge in [-0.15, -0.1) is 0 Å². The Labute approximate surface area is 348 Å². The number of aryl methyl sites for hydroxylation is 1. The summed E-state index contributed by atoms with van der Waals surface area (Å²) in [4.78, 5) is 89.1. The van der Waals surface area contributed by atoms with Crippen molar-refractivity contribution in [1.29, 1.82) is 5.26 Å². The van der Waals surface area contributed by atoms with Crippen LogP contribution < -0.4 is 27.4 Å². The molecular formula is C44H48N7O8P. The van der Waals surface area contributed by atoms with E-state index in [4.69, 9.17) is 14.3 Å². The number of H-pyrrole nitrogens is 1. The van der Waals surface area contributed by atoms with E-state index in [0.717, 1.165) is 20.3 Å². The molecule has 3 heterocycles. The molecule has 1 unspecified atom stereocenters. The highest BCUT2D eigenvalue weighted by Gasteiger charge is 2.37. The zero-order valence-corrected chi connectivity index (χ0v) is 35.4. The van der Waals surface area contributed by atoms with Crippen LogP contribution >= 0.6 is 8.53 Å². The molecule has 0 amide bonds. The van der Waals surface area contributed by atoms with E-state index in [1.54, 1.807) is 73.7 Å². The molecule has 0 fully saturated rings. The third-order valence-corrected chi connectivity index (χ3v) is 12.1. The number of hydrogen-bond donors (Lipinski definition) is 1. The average Bonchev–Trinajstić information content (AvgIpc) is 3.22. The fourth-order valence-electron chi connectivity index (χ4n) is 7.22. The van der Waals surface area contributed by atoms with Crippen molar-refractivity contribution in [2.24, 2.45) is 0 Å². The first-order chi connectivity index (χ1) is 28.8.